The Kier molecular flexibility index (Phi) is 3.83. The van der Waals surface area contributed by atoms with Gasteiger partial charge in [0.05, 0.1) is 0 Å². The maximum atomic E-state index is 4.54. The van der Waals surface area contributed by atoms with Crippen molar-refractivity contribution < 1.29 is 0 Å². The number of hydrogen-bond donors (Lipinski definition) is 2. The third kappa shape index (κ3) is 3.00. The Morgan fingerprint density at radius 1 is 0.769 bits per heavy atom. The molecule has 0 N–H and O–H groups in total. The van der Waals surface area contributed by atoms with Gasteiger partial charge in [-0.05, 0) is 38.5 Å². The number of rotatable bonds is 2. The van der Waals surface area contributed by atoms with E-state index in [0.717, 1.165) is 10.5 Å². The molecule has 4 atom stereocenters. The minimum Gasteiger partial charge on any atom is -0.176 e. The Labute approximate surface area is 96.4 Å². The van der Waals surface area contributed by atoms with Crippen LogP contribution in [0.4, 0.5) is 0 Å². The van der Waals surface area contributed by atoms with Gasteiger partial charge in [-0.15, -0.1) is 0 Å². The molecule has 0 aromatic carbocycles. The van der Waals surface area contributed by atoms with Gasteiger partial charge in [0.15, 0.2) is 0 Å². The zero-order valence-electron chi connectivity index (χ0n) is 7.85. The molecule has 0 bridgehead atoms. The highest BCUT2D eigenvalue weighted by Gasteiger charge is 2.29. The lowest BCUT2D eigenvalue weighted by Crippen LogP contribution is -2.05. The first-order valence-electron chi connectivity index (χ1n) is 5.25. The van der Waals surface area contributed by atoms with Crippen LogP contribution in [0.5, 0.6) is 0 Å². The van der Waals surface area contributed by atoms with Gasteiger partial charge in [0, 0.05) is 21.0 Å². The predicted molar refractivity (Wildman–Crippen MR) is 68.4 cm³/mol. The molecule has 0 heterocycles. The largest absolute Gasteiger partial charge is 0.176 e. The Hall–Kier alpha value is 1.05. The second kappa shape index (κ2) is 4.71. The molecule has 4 unspecified atom stereocenters. The van der Waals surface area contributed by atoms with E-state index in [2.05, 4.69) is 37.0 Å². The van der Waals surface area contributed by atoms with E-state index in [-0.39, 0.29) is 0 Å². The summed E-state index contributed by atoms with van der Waals surface area (Å²) in [7, 11) is 0. The van der Waals surface area contributed by atoms with Gasteiger partial charge in [-0.1, -0.05) is 0 Å². The molecule has 2 rings (SSSR count). The highest BCUT2D eigenvalue weighted by atomic mass is 32.2. The molecule has 2 fully saturated rings. The highest BCUT2D eigenvalue weighted by Crippen LogP contribution is 2.41. The van der Waals surface area contributed by atoms with Crippen molar-refractivity contribution in [1.82, 2.24) is 0 Å². The third-order valence-corrected chi connectivity index (χ3v) is 5.66. The van der Waals surface area contributed by atoms with E-state index in [1.165, 1.54) is 38.5 Å². The van der Waals surface area contributed by atoms with Crippen LogP contribution in [0.15, 0.2) is 0 Å². The van der Waals surface area contributed by atoms with Crippen molar-refractivity contribution >= 4 is 37.0 Å². The predicted octanol–water partition coefficient (Wildman–Crippen LogP) is 3.42. The fourth-order valence-electron chi connectivity index (χ4n) is 2.35. The number of thiol groups is 2. The van der Waals surface area contributed by atoms with Crippen molar-refractivity contribution in [2.45, 2.75) is 59.5 Å². The molecule has 0 aliphatic heterocycles. The van der Waals surface area contributed by atoms with Gasteiger partial charge in [0.1, 0.15) is 0 Å². The second-order valence-corrected chi connectivity index (χ2v) is 7.38. The molecule has 0 amide bonds. The van der Waals surface area contributed by atoms with Crippen molar-refractivity contribution in [2.24, 2.45) is 0 Å². The zero-order chi connectivity index (χ0) is 9.26. The normalized spacial score (nSPS) is 45.7. The summed E-state index contributed by atoms with van der Waals surface area (Å²) in [6.45, 7) is 0. The summed E-state index contributed by atoms with van der Waals surface area (Å²) < 4.78 is 0. The minimum absolute atomic E-state index is 0.686. The molecular formula is C10H18S3. The fraction of sp³-hybridized carbons (Fsp3) is 1.00. The SMILES string of the molecule is SC1CCC(SC2CCC(S)C2)C1. The molecule has 0 nitrogen and oxygen atoms in total. The van der Waals surface area contributed by atoms with Crippen molar-refractivity contribution in [2.75, 3.05) is 0 Å². The first-order chi connectivity index (χ1) is 6.24. The molecule has 0 radical (unpaired) electrons. The molecule has 0 spiro atoms. The van der Waals surface area contributed by atoms with Crippen LogP contribution in [0, 0.1) is 0 Å². The molecule has 0 aromatic rings. The highest BCUT2D eigenvalue weighted by molar-refractivity contribution is 8.00. The summed E-state index contributed by atoms with van der Waals surface area (Å²) in [6.07, 6.45) is 8.12. The summed E-state index contributed by atoms with van der Waals surface area (Å²) in [5, 5.41) is 3.19. The van der Waals surface area contributed by atoms with Crippen LogP contribution >= 0.6 is 37.0 Å². The van der Waals surface area contributed by atoms with Gasteiger partial charge in [0.2, 0.25) is 0 Å². The molecule has 13 heavy (non-hydrogen) atoms. The lowest BCUT2D eigenvalue weighted by molar-refractivity contribution is 0.859. The van der Waals surface area contributed by atoms with Crippen molar-refractivity contribution in [1.29, 1.82) is 0 Å². The van der Waals surface area contributed by atoms with Crippen LogP contribution in [0.1, 0.15) is 38.5 Å². The summed E-state index contributed by atoms with van der Waals surface area (Å²) in [5.74, 6) is 0. The van der Waals surface area contributed by atoms with E-state index in [1.54, 1.807) is 0 Å². The smallest absolute Gasteiger partial charge is 0.00606 e. The van der Waals surface area contributed by atoms with Crippen molar-refractivity contribution in [3.63, 3.8) is 0 Å². The van der Waals surface area contributed by atoms with Crippen LogP contribution in [0.25, 0.3) is 0 Å². The van der Waals surface area contributed by atoms with E-state index in [4.69, 9.17) is 0 Å². The van der Waals surface area contributed by atoms with E-state index >= 15 is 0 Å². The fourth-order valence-corrected chi connectivity index (χ4v) is 5.22. The average molecular weight is 234 g/mol. The zero-order valence-corrected chi connectivity index (χ0v) is 10.5. The van der Waals surface area contributed by atoms with E-state index in [9.17, 15) is 0 Å². The van der Waals surface area contributed by atoms with Gasteiger partial charge < -0.3 is 0 Å². The molecule has 2 aliphatic rings. The summed E-state index contributed by atoms with van der Waals surface area (Å²) in [5.41, 5.74) is 0. The Bertz CT molecular complexity index is 154. The molecule has 2 saturated carbocycles. The topological polar surface area (TPSA) is 0 Å². The molecule has 3 heteroatoms. The first kappa shape index (κ1) is 10.6. The number of hydrogen-bond acceptors (Lipinski definition) is 3. The first-order valence-corrected chi connectivity index (χ1v) is 7.23. The summed E-state index contributed by atoms with van der Waals surface area (Å²) in [6, 6.07) is 0. The average Bonchev–Trinajstić information content (AvgIpc) is 2.62. The lowest BCUT2D eigenvalue weighted by atomic mass is 10.4. The maximum absolute atomic E-state index is 4.54. The summed E-state index contributed by atoms with van der Waals surface area (Å²) >= 11 is 11.3. The third-order valence-electron chi connectivity index (χ3n) is 3.10. The Morgan fingerprint density at radius 3 is 1.54 bits per heavy atom. The van der Waals surface area contributed by atoms with Crippen LogP contribution < -0.4 is 0 Å². The molecular weight excluding hydrogens is 216 g/mol. The van der Waals surface area contributed by atoms with Gasteiger partial charge in [-0.25, -0.2) is 0 Å². The number of thioether (sulfide) groups is 1. The van der Waals surface area contributed by atoms with Gasteiger partial charge >= 0.3 is 0 Å². The monoisotopic (exact) mass is 234 g/mol. The Balaban J connectivity index is 1.72. The minimum atomic E-state index is 0.686. The van der Waals surface area contributed by atoms with Gasteiger partial charge in [-0.2, -0.15) is 37.0 Å². The van der Waals surface area contributed by atoms with Crippen molar-refractivity contribution in [3.8, 4) is 0 Å². The van der Waals surface area contributed by atoms with E-state index in [0.29, 0.717) is 10.5 Å². The van der Waals surface area contributed by atoms with E-state index in [1.807, 2.05) is 0 Å². The lowest BCUT2D eigenvalue weighted by Gasteiger charge is -2.14. The standard InChI is InChI=1S/C10H18S3/c11-7-1-3-9(5-7)13-10-4-2-8(12)6-10/h7-12H,1-6H2. The van der Waals surface area contributed by atoms with Crippen LogP contribution in [0.2, 0.25) is 0 Å². The quantitative estimate of drug-likeness (QED) is 0.690. The van der Waals surface area contributed by atoms with Crippen LogP contribution in [0.3, 0.4) is 0 Å². The maximum Gasteiger partial charge on any atom is 0.00606 e. The molecule has 2 aliphatic carbocycles. The molecule has 76 valence electrons. The van der Waals surface area contributed by atoms with Crippen LogP contribution in [-0.4, -0.2) is 21.0 Å². The van der Waals surface area contributed by atoms with Crippen molar-refractivity contribution in [3.05, 3.63) is 0 Å². The Morgan fingerprint density at radius 2 is 1.23 bits per heavy atom. The second-order valence-electron chi connectivity index (χ2n) is 4.31. The van der Waals surface area contributed by atoms with Gasteiger partial charge in [-0.3, -0.25) is 0 Å². The van der Waals surface area contributed by atoms with Crippen LogP contribution in [-0.2, 0) is 0 Å². The molecule has 0 aromatic heterocycles. The summed E-state index contributed by atoms with van der Waals surface area (Å²) in [4.78, 5) is 0. The van der Waals surface area contributed by atoms with Gasteiger partial charge in [0.25, 0.3) is 0 Å². The molecule has 0 saturated heterocycles. The van der Waals surface area contributed by atoms with E-state index < -0.39 is 0 Å².